The summed E-state index contributed by atoms with van der Waals surface area (Å²) < 4.78 is 5.31. The Balaban J connectivity index is 2.52. The van der Waals surface area contributed by atoms with Crippen LogP contribution in [0, 0.1) is 5.41 Å². The minimum atomic E-state index is -1.18. The molecule has 0 radical (unpaired) electrons. The summed E-state index contributed by atoms with van der Waals surface area (Å²) >= 11 is 0. The molecule has 1 heterocycles. The van der Waals surface area contributed by atoms with Gasteiger partial charge in [-0.05, 0) is 31.1 Å². The molecule has 6 heteroatoms. The lowest BCUT2D eigenvalue weighted by molar-refractivity contribution is -0.144. The first-order valence-corrected chi connectivity index (χ1v) is 7.24. The predicted octanol–water partition coefficient (Wildman–Crippen LogP) is 1.75. The van der Waals surface area contributed by atoms with Crippen LogP contribution in [0.4, 0.5) is 4.79 Å². The zero-order valence-corrected chi connectivity index (χ0v) is 12.6. The molecule has 0 aromatic carbocycles. The van der Waals surface area contributed by atoms with Crippen LogP contribution in [0.15, 0.2) is 0 Å². The van der Waals surface area contributed by atoms with Gasteiger partial charge in [0.1, 0.15) is 5.54 Å². The Morgan fingerprint density at radius 2 is 1.80 bits per heavy atom. The maximum atomic E-state index is 11.9. The van der Waals surface area contributed by atoms with Gasteiger partial charge in [-0.2, -0.15) is 0 Å². The molecule has 1 saturated heterocycles. The zero-order chi connectivity index (χ0) is 15.2. The summed E-state index contributed by atoms with van der Waals surface area (Å²) in [6, 6.07) is -0.413. The Bertz CT molecular complexity index is 347. The topological polar surface area (TPSA) is 87.7 Å². The van der Waals surface area contributed by atoms with Crippen molar-refractivity contribution in [3.8, 4) is 0 Å². The third kappa shape index (κ3) is 4.10. The Morgan fingerprint density at radius 3 is 2.25 bits per heavy atom. The molecule has 1 aliphatic heterocycles. The summed E-state index contributed by atoms with van der Waals surface area (Å²) in [4.78, 5) is 23.3. The average molecular weight is 286 g/mol. The number of aliphatic carboxylic acids is 1. The largest absolute Gasteiger partial charge is 0.480 e. The van der Waals surface area contributed by atoms with Crippen LogP contribution in [0.1, 0.15) is 46.5 Å². The molecule has 6 nitrogen and oxygen atoms in total. The molecule has 20 heavy (non-hydrogen) atoms. The number of nitrogens with one attached hydrogen (secondary N) is 2. The lowest BCUT2D eigenvalue weighted by Crippen LogP contribution is -2.57. The number of amides is 2. The second-order valence-corrected chi connectivity index (χ2v) is 5.83. The molecule has 1 rings (SSSR count). The highest BCUT2D eigenvalue weighted by Crippen LogP contribution is 2.28. The van der Waals surface area contributed by atoms with Gasteiger partial charge in [0.2, 0.25) is 0 Å². The minimum absolute atomic E-state index is 0.0277. The van der Waals surface area contributed by atoms with Crippen molar-refractivity contribution in [2.75, 3.05) is 19.8 Å². The van der Waals surface area contributed by atoms with Gasteiger partial charge in [-0.25, -0.2) is 9.59 Å². The van der Waals surface area contributed by atoms with Gasteiger partial charge in [0, 0.05) is 19.8 Å². The number of urea groups is 1. The third-order valence-electron chi connectivity index (χ3n) is 4.34. The van der Waals surface area contributed by atoms with E-state index >= 15 is 0 Å². The van der Waals surface area contributed by atoms with Gasteiger partial charge in [0.25, 0.3) is 0 Å². The van der Waals surface area contributed by atoms with Crippen molar-refractivity contribution in [3.63, 3.8) is 0 Å². The van der Waals surface area contributed by atoms with E-state index in [9.17, 15) is 14.7 Å². The van der Waals surface area contributed by atoms with Gasteiger partial charge in [-0.3, -0.25) is 0 Å². The van der Waals surface area contributed by atoms with Crippen LogP contribution in [0.25, 0.3) is 0 Å². The fourth-order valence-electron chi connectivity index (χ4n) is 2.38. The number of carbonyl (C=O) groups is 2. The summed E-state index contributed by atoms with van der Waals surface area (Å²) in [5.41, 5.74) is -1.15. The summed E-state index contributed by atoms with van der Waals surface area (Å²) in [6.07, 6.45) is 2.52. The average Bonchev–Trinajstić information content (AvgIpc) is 2.43. The zero-order valence-electron chi connectivity index (χ0n) is 12.6. The van der Waals surface area contributed by atoms with Crippen molar-refractivity contribution < 1.29 is 19.4 Å². The molecular weight excluding hydrogens is 260 g/mol. The first-order valence-electron chi connectivity index (χ1n) is 7.24. The van der Waals surface area contributed by atoms with E-state index in [1.807, 2.05) is 0 Å². The number of ether oxygens (including phenoxy) is 1. The van der Waals surface area contributed by atoms with Gasteiger partial charge in [-0.15, -0.1) is 0 Å². The van der Waals surface area contributed by atoms with E-state index in [0.717, 1.165) is 12.8 Å². The molecule has 0 bridgehead atoms. The van der Waals surface area contributed by atoms with Crippen LogP contribution in [-0.4, -0.2) is 42.4 Å². The lowest BCUT2D eigenvalue weighted by atomic mass is 9.82. The fraction of sp³-hybridized carbons (Fsp3) is 0.857. The molecule has 1 fully saturated rings. The molecule has 1 aliphatic rings. The first-order chi connectivity index (χ1) is 9.37. The van der Waals surface area contributed by atoms with Crippen molar-refractivity contribution in [2.45, 2.75) is 52.0 Å². The highest BCUT2D eigenvalue weighted by molar-refractivity contribution is 5.86. The van der Waals surface area contributed by atoms with Gasteiger partial charge < -0.3 is 20.5 Å². The Kier molecular flexibility index (Phi) is 5.80. The fourth-order valence-corrected chi connectivity index (χ4v) is 2.38. The number of hydrogen-bond donors (Lipinski definition) is 3. The molecule has 2 amide bonds. The minimum Gasteiger partial charge on any atom is -0.480 e. The molecule has 116 valence electrons. The van der Waals surface area contributed by atoms with Gasteiger partial charge in [0.05, 0.1) is 0 Å². The van der Waals surface area contributed by atoms with Gasteiger partial charge in [0.15, 0.2) is 0 Å². The highest BCUT2D eigenvalue weighted by Gasteiger charge is 2.37. The van der Waals surface area contributed by atoms with E-state index in [-0.39, 0.29) is 5.41 Å². The summed E-state index contributed by atoms with van der Waals surface area (Å²) in [7, 11) is 0. The van der Waals surface area contributed by atoms with Crippen molar-refractivity contribution in [2.24, 2.45) is 5.41 Å². The number of carboxylic acids is 1. The number of hydrogen-bond acceptors (Lipinski definition) is 3. The third-order valence-corrected chi connectivity index (χ3v) is 4.34. The van der Waals surface area contributed by atoms with Crippen molar-refractivity contribution in [1.29, 1.82) is 0 Å². The monoisotopic (exact) mass is 286 g/mol. The molecule has 0 unspecified atom stereocenters. The number of carboxylic acid groups (broad SMARTS) is 1. The number of rotatable bonds is 6. The summed E-state index contributed by atoms with van der Waals surface area (Å²) in [5.74, 6) is -0.991. The van der Waals surface area contributed by atoms with Crippen LogP contribution in [-0.2, 0) is 9.53 Å². The highest BCUT2D eigenvalue weighted by atomic mass is 16.5. The van der Waals surface area contributed by atoms with Crippen LogP contribution in [0.5, 0.6) is 0 Å². The van der Waals surface area contributed by atoms with E-state index < -0.39 is 17.5 Å². The van der Waals surface area contributed by atoms with Crippen molar-refractivity contribution in [1.82, 2.24) is 10.6 Å². The van der Waals surface area contributed by atoms with Crippen LogP contribution < -0.4 is 10.6 Å². The number of carbonyl (C=O) groups excluding carboxylic acids is 1. The smallest absolute Gasteiger partial charge is 0.329 e. The Hall–Kier alpha value is -1.30. The van der Waals surface area contributed by atoms with Gasteiger partial charge >= 0.3 is 12.0 Å². The predicted molar refractivity (Wildman–Crippen MR) is 75.6 cm³/mol. The van der Waals surface area contributed by atoms with E-state index in [4.69, 9.17) is 4.74 Å². The van der Waals surface area contributed by atoms with E-state index in [0.29, 0.717) is 32.6 Å². The van der Waals surface area contributed by atoms with Crippen molar-refractivity contribution >= 4 is 12.0 Å². The first kappa shape index (κ1) is 16.8. The SMILES string of the molecule is CCC(CC)(NC(=O)NCC1(C)CCOCC1)C(=O)O. The van der Waals surface area contributed by atoms with Gasteiger partial charge in [-0.1, -0.05) is 20.8 Å². The normalized spacial score (nSPS) is 18.4. The molecule has 0 spiro atoms. The second kappa shape index (κ2) is 6.92. The van der Waals surface area contributed by atoms with E-state index in [2.05, 4.69) is 17.6 Å². The molecule has 3 N–H and O–H groups in total. The molecular formula is C14H26N2O4. The molecule has 0 atom stereocenters. The van der Waals surface area contributed by atoms with Crippen LogP contribution >= 0.6 is 0 Å². The second-order valence-electron chi connectivity index (χ2n) is 5.83. The lowest BCUT2D eigenvalue weighted by Gasteiger charge is -2.34. The molecule has 0 aliphatic carbocycles. The maximum Gasteiger partial charge on any atom is 0.329 e. The maximum absolute atomic E-state index is 11.9. The van der Waals surface area contributed by atoms with Crippen LogP contribution in [0.3, 0.4) is 0 Å². The molecule has 0 aromatic rings. The summed E-state index contributed by atoms with van der Waals surface area (Å²) in [5, 5.41) is 14.7. The standard InChI is InChI=1S/C14H26N2O4/c1-4-14(5-2,11(17)18)16-12(19)15-10-13(3)6-8-20-9-7-13/h4-10H2,1-3H3,(H,17,18)(H2,15,16,19). The van der Waals surface area contributed by atoms with E-state index in [1.165, 1.54) is 0 Å². The van der Waals surface area contributed by atoms with Crippen LogP contribution in [0.2, 0.25) is 0 Å². The van der Waals surface area contributed by atoms with E-state index in [1.54, 1.807) is 13.8 Å². The van der Waals surface area contributed by atoms with Crippen molar-refractivity contribution in [3.05, 3.63) is 0 Å². The summed E-state index contributed by atoms with van der Waals surface area (Å²) in [6.45, 7) is 7.59. The Morgan fingerprint density at radius 1 is 1.25 bits per heavy atom. The molecule has 0 saturated carbocycles. The molecule has 0 aromatic heterocycles. The quantitative estimate of drug-likeness (QED) is 0.694. The Labute approximate surface area is 120 Å².